The van der Waals surface area contributed by atoms with E-state index in [1.807, 2.05) is 73.1 Å². The molecule has 0 bridgehead atoms. The summed E-state index contributed by atoms with van der Waals surface area (Å²) in [6.07, 6.45) is 5.58. The largest absolute Gasteiger partial charge is 0.261 e. The van der Waals surface area contributed by atoms with Crippen LogP contribution in [-0.2, 0) is 12.8 Å². The lowest BCUT2D eigenvalue weighted by atomic mass is 10.2. The maximum absolute atomic E-state index is 4.49. The Bertz CT molecular complexity index is 718. The summed E-state index contributed by atoms with van der Waals surface area (Å²) in [5, 5.41) is 0. The Kier molecular flexibility index (Phi) is 5.68. The van der Waals surface area contributed by atoms with Crippen molar-refractivity contribution in [3.05, 3.63) is 96.1 Å². The summed E-state index contributed by atoms with van der Waals surface area (Å²) in [5.74, 6) is 0. The molecule has 0 saturated carbocycles. The van der Waals surface area contributed by atoms with Crippen molar-refractivity contribution in [1.29, 1.82) is 0 Å². The summed E-state index contributed by atoms with van der Waals surface area (Å²) in [6.45, 7) is 0. The van der Waals surface area contributed by atoms with E-state index in [1.165, 1.54) is 11.1 Å². The van der Waals surface area contributed by atoms with Crippen LogP contribution >= 0.6 is 0 Å². The van der Waals surface area contributed by atoms with E-state index in [-0.39, 0.29) is 0 Å². The molecule has 0 saturated heterocycles. The highest BCUT2D eigenvalue weighted by atomic mass is 14.7. The first kappa shape index (κ1) is 15.9. The van der Waals surface area contributed by atoms with Crippen LogP contribution in [0.3, 0.4) is 0 Å². The quantitative estimate of drug-likeness (QED) is 0.531. The van der Waals surface area contributed by atoms with Gasteiger partial charge in [-0.2, -0.15) is 0 Å². The minimum atomic E-state index is 0.845. The van der Waals surface area contributed by atoms with Gasteiger partial charge in [-0.1, -0.05) is 60.7 Å². The fourth-order valence-electron chi connectivity index (χ4n) is 2.37. The fraction of sp³-hybridized carbons (Fsp3) is 0.0909. The predicted molar refractivity (Wildman–Crippen MR) is 103 cm³/mol. The monoisotopic (exact) mass is 312 g/mol. The van der Waals surface area contributed by atoms with Crippen molar-refractivity contribution < 1.29 is 0 Å². The van der Waals surface area contributed by atoms with Crippen LogP contribution in [0.5, 0.6) is 0 Å². The summed E-state index contributed by atoms with van der Waals surface area (Å²) in [5.41, 5.74) is 4.44. The molecule has 0 spiro atoms. The first-order valence-electron chi connectivity index (χ1n) is 8.13. The lowest BCUT2D eigenvalue weighted by Gasteiger charge is -1.97. The van der Waals surface area contributed by atoms with Crippen LogP contribution in [0.2, 0.25) is 0 Å². The number of aliphatic imine (C=N–C) groups is 2. The second-order valence-corrected chi connectivity index (χ2v) is 5.52. The van der Waals surface area contributed by atoms with Crippen LogP contribution in [0.15, 0.2) is 94.9 Å². The van der Waals surface area contributed by atoms with Gasteiger partial charge in [-0.15, -0.1) is 0 Å². The number of rotatable bonds is 6. The van der Waals surface area contributed by atoms with Crippen molar-refractivity contribution in [3.63, 3.8) is 0 Å². The smallest absolute Gasteiger partial charge is 0.0627 e. The van der Waals surface area contributed by atoms with Crippen molar-refractivity contribution >= 4 is 23.8 Å². The van der Waals surface area contributed by atoms with Gasteiger partial charge in [-0.05, 0) is 35.4 Å². The van der Waals surface area contributed by atoms with Crippen LogP contribution < -0.4 is 0 Å². The lowest BCUT2D eigenvalue weighted by Crippen LogP contribution is -1.84. The molecule has 0 aliphatic carbocycles. The molecule has 3 aromatic rings. The molecule has 0 N–H and O–H groups in total. The van der Waals surface area contributed by atoms with Crippen LogP contribution in [0.4, 0.5) is 11.4 Å². The third-order valence-corrected chi connectivity index (χ3v) is 3.67. The molecule has 0 aromatic heterocycles. The van der Waals surface area contributed by atoms with Crippen LogP contribution in [0.25, 0.3) is 0 Å². The topological polar surface area (TPSA) is 24.7 Å². The van der Waals surface area contributed by atoms with Gasteiger partial charge in [0.25, 0.3) is 0 Å². The summed E-state index contributed by atoms with van der Waals surface area (Å²) < 4.78 is 0. The van der Waals surface area contributed by atoms with Gasteiger partial charge in [0.2, 0.25) is 0 Å². The molecule has 2 heteroatoms. The van der Waals surface area contributed by atoms with Crippen molar-refractivity contribution in [2.75, 3.05) is 0 Å². The van der Waals surface area contributed by atoms with E-state index in [0.717, 1.165) is 24.2 Å². The first-order chi connectivity index (χ1) is 11.9. The van der Waals surface area contributed by atoms with Crippen molar-refractivity contribution in [3.8, 4) is 0 Å². The Balaban J connectivity index is 1.53. The Labute approximate surface area is 143 Å². The van der Waals surface area contributed by atoms with Gasteiger partial charge in [0.1, 0.15) is 0 Å². The van der Waals surface area contributed by atoms with Gasteiger partial charge in [-0.25, -0.2) is 0 Å². The molecule has 0 fully saturated rings. The summed E-state index contributed by atoms with van der Waals surface area (Å²) in [7, 11) is 0. The van der Waals surface area contributed by atoms with E-state index >= 15 is 0 Å². The van der Waals surface area contributed by atoms with Gasteiger partial charge in [0.05, 0.1) is 11.4 Å². The Hall–Kier alpha value is -3.00. The average molecular weight is 312 g/mol. The standard InChI is InChI=1S/C22H20N2/c1-3-7-19(8-4-1)15-17-23-21-11-13-22(14-12-21)24-18-16-20-9-5-2-6-10-20/h1-14,17-18H,15-16H2. The molecule has 118 valence electrons. The van der Waals surface area contributed by atoms with E-state index in [2.05, 4.69) is 34.3 Å². The minimum Gasteiger partial charge on any atom is -0.261 e. The van der Waals surface area contributed by atoms with Crippen LogP contribution in [-0.4, -0.2) is 12.4 Å². The Morgan fingerprint density at radius 2 is 0.875 bits per heavy atom. The molecule has 0 heterocycles. The van der Waals surface area contributed by atoms with Crippen molar-refractivity contribution in [2.24, 2.45) is 9.98 Å². The third-order valence-electron chi connectivity index (χ3n) is 3.67. The van der Waals surface area contributed by atoms with E-state index in [1.54, 1.807) is 0 Å². The maximum Gasteiger partial charge on any atom is 0.0627 e. The van der Waals surface area contributed by atoms with Crippen LogP contribution in [0.1, 0.15) is 11.1 Å². The van der Waals surface area contributed by atoms with E-state index in [0.29, 0.717) is 0 Å². The second kappa shape index (κ2) is 8.59. The Morgan fingerprint density at radius 1 is 0.500 bits per heavy atom. The molecular weight excluding hydrogens is 292 g/mol. The van der Waals surface area contributed by atoms with E-state index in [4.69, 9.17) is 0 Å². The molecule has 3 rings (SSSR count). The van der Waals surface area contributed by atoms with Gasteiger partial charge >= 0.3 is 0 Å². The zero-order valence-electron chi connectivity index (χ0n) is 13.5. The van der Waals surface area contributed by atoms with Gasteiger partial charge in [0.15, 0.2) is 0 Å². The summed E-state index contributed by atoms with van der Waals surface area (Å²) in [6, 6.07) is 28.7. The molecule has 0 aliphatic heterocycles. The molecule has 0 atom stereocenters. The molecule has 2 nitrogen and oxygen atoms in total. The van der Waals surface area contributed by atoms with Gasteiger partial charge in [0, 0.05) is 25.3 Å². The number of nitrogens with zero attached hydrogens (tertiary/aromatic N) is 2. The van der Waals surface area contributed by atoms with E-state index in [9.17, 15) is 0 Å². The zero-order chi connectivity index (χ0) is 16.5. The van der Waals surface area contributed by atoms with Crippen LogP contribution in [0, 0.1) is 0 Å². The maximum atomic E-state index is 4.49. The predicted octanol–water partition coefficient (Wildman–Crippen LogP) is 5.58. The Morgan fingerprint density at radius 3 is 1.25 bits per heavy atom. The summed E-state index contributed by atoms with van der Waals surface area (Å²) in [4.78, 5) is 8.99. The molecule has 3 aromatic carbocycles. The highest BCUT2D eigenvalue weighted by molar-refractivity contribution is 5.68. The molecule has 0 amide bonds. The lowest BCUT2D eigenvalue weighted by molar-refractivity contribution is 1.34. The highest BCUT2D eigenvalue weighted by Crippen LogP contribution is 2.18. The number of benzene rings is 3. The number of hydrogen-bond donors (Lipinski definition) is 0. The molecular formula is C22H20N2. The fourth-order valence-corrected chi connectivity index (χ4v) is 2.37. The van der Waals surface area contributed by atoms with E-state index < -0.39 is 0 Å². The molecule has 0 aliphatic rings. The third kappa shape index (κ3) is 5.03. The molecule has 24 heavy (non-hydrogen) atoms. The zero-order valence-corrected chi connectivity index (χ0v) is 13.5. The molecule has 0 radical (unpaired) electrons. The minimum absolute atomic E-state index is 0.845. The SMILES string of the molecule is C(Cc1ccccc1)=Nc1ccc(N=CCc2ccccc2)cc1. The van der Waals surface area contributed by atoms with Gasteiger partial charge in [-0.3, -0.25) is 9.98 Å². The normalized spacial score (nSPS) is 11.3. The molecule has 0 unspecified atom stereocenters. The van der Waals surface area contributed by atoms with Gasteiger partial charge < -0.3 is 0 Å². The second-order valence-electron chi connectivity index (χ2n) is 5.52. The average Bonchev–Trinajstić information content (AvgIpc) is 2.65. The highest BCUT2D eigenvalue weighted by Gasteiger charge is 1.92. The number of hydrogen-bond acceptors (Lipinski definition) is 2. The van der Waals surface area contributed by atoms with Crippen molar-refractivity contribution in [1.82, 2.24) is 0 Å². The summed E-state index contributed by atoms with van der Waals surface area (Å²) >= 11 is 0. The van der Waals surface area contributed by atoms with Crippen molar-refractivity contribution in [2.45, 2.75) is 12.8 Å². The first-order valence-corrected chi connectivity index (χ1v) is 8.13.